The van der Waals surface area contributed by atoms with E-state index in [-0.39, 0.29) is 11.7 Å². The summed E-state index contributed by atoms with van der Waals surface area (Å²) in [6.45, 7) is 2.54. The minimum absolute atomic E-state index is 0.111. The zero-order valence-electron chi connectivity index (χ0n) is 15.0. The summed E-state index contributed by atoms with van der Waals surface area (Å²) in [6.07, 6.45) is 0. The normalized spacial score (nSPS) is 10.6. The molecule has 0 fully saturated rings. The van der Waals surface area contributed by atoms with E-state index in [1.54, 1.807) is 0 Å². The van der Waals surface area contributed by atoms with Crippen LogP contribution in [-0.4, -0.2) is 33.0 Å². The van der Waals surface area contributed by atoms with Crippen LogP contribution < -0.4 is 10.1 Å². The second kappa shape index (κ2) is 8.92. The van der Waals surface area contributed by atoms with E-state index in [1.165, 1.54) is 11.8 Å². The van der Waals surface area contributed by atoms with Gasteiger partial charge in [0, 0.05) is 23.3 Å². The maximum atomic E-state index is 12.2. The van der Waals surface area contributed by atoms with Crippen molar-refractivity contribution in [2.75, 3.05) is 17.7 Å². The molecule has 0 radical (unpaired) electrons. The van der Waals surface area contributed by atoms with Crippen molar-refractivity contribution in [3.63, 3.8) is 0 Å². The number of hydrogen-bond acceptors (Lipinski definition) is 5. The Hall–Kier alpha value is -2.51. The van der Waals surface area contributed by atoms with Gasteiger partial charge in [0.25, 0.3) is 0 Å². The van der Waals surface area contributed by atoms with Crippen LogP contribution >= 0.6 is 23.4 Å². The topological polar surface area (TPSA) is 69.0 Å². The van der Waals surface area contributed by atoms with E-state index in [2.05, 4.69) is 15.5 Å². The van der Waals surface area contributed by atoms with Crippen molar-refractivity contribution in [3.8, 4) is 17.1 Å². The monoisotopic (exact) mass is 402 g/mol. The van der Waals surface area contributed by atoms with Crippen molar-refractivity contribution in [2.24, 2.45) is 7.05 Å². The lowest BCUT2D eigenvalue weighted by atomic mass is 10.2. The van der Waals surface area contributed by atoms with Crippen molar-refractivity contribution < 1.29 is 9.53 Å². The smallest absolute Gasteiger partial charge is 0.234 e. The van der Waals surface area contributed by atoms with Crippen LogP contribution in [0.1, 0.15) is 6.92 Å². The Morgan fingerprint density at radius 1 is 1.15 bits per heavy atom. The van der Waals surface area contributed by atoms with Crippen molar-refractivity contribution in [1.29, 1.82) is 0 Å². The second-order valence-corrected chi connectivity index (χ2v) is 7.05. The molecule has 0 bridgehead atoms. The number of ether oxygens (including phenoxy) is 1. The molecule has 0 aliphatic heterocycles. The Bertz CT molecular complexity index is 910. The molecule has 1 heterocycles. The number of halogens is 1. The maximum Gasteiger partial charge on any atom is 0.234 e. The summed E-state index contributed by atoms with van der Waals surface area (Å²) in [4.78, 5) is 12.2. The van der Waals surface area contributed by atoms with E-state index < -0.39 is 0 Å². The van der Waals surface area contributed by atoms with Crippen LogP contribution in [0.5, 0.6) is 5.75 Å². The minimum atomic E-state index is -0.111. The first-order valence-corrected chi connectivity index (χ1v) is 9.74. The van der Waals surface area contributed by atoms with Gasteiger partial charge in [0.1, 0.15) is 5.75 Å². The number of hydrogen-bond donors (Lipinski definition) is 1. The third-order valence-electron chi connectivity index (χ3n) is 3.72. The van der Waals surface area contributed by atoms with Gasteiger partial charge in [-0.1, -0.05) is 23.4 Å². The maximum absolute atomic E-state index is 12.2. The number of carbonyl (C=O) groups is 1. The molecule has 1 N–H and O–H groups in total. The van der Waals surface area contributed by atoms with Gasteiger partial charge in [-0.2, -0.15) is 0 Å². The predicted octanol–water partition coefficient (Wildman–Crippen LogP) is 4.27. The van der Waals surface area contributed by atoms with Crippen LogP contribution in [0.25, 0.3) is 11.4 Å². The molecule has 2 aromatic carbocycles. The van der Waals surface area contributed by atoms with Gasteiger partial charge in [-0.3, -0.25) is 4.79 Å². The SMILES string of the molecule is CCOc1ccc(NC(=O)CSc2nnc(-c3ccc(Cl)cc3)n2C)cc1. The van der Waals surface area contributed by atoms with Crippen molar-refractivity contribution in [1.82, 2.24) is 14.8 Å². The first-order valence-electron chi connectivity index (χ1n) is 8.37. The summed E-state index contributed by atoms with van der Waals surface area (Å²) in [5, 5.41) is 12.6. The van der Waals surface area contributed by atoms with Gasteiger partial charge in [-0.15, -0.1) is 10.2 Å². The lowest BCUT2D eigenvalue weighted by Gasteiger charge is -2.07. The highest BCUT2D eigenvalue weighted by Crippen LogP contribution is 2.24. The number of benzene rings is 2. The van der Waals surface area contributed by atoms with Gasteiger partial charge in [0.05, 0.1) is 12.4 Å². The molecule has 27 heavy (non-hydrogen) atoms. The van der Waals surface area contributed by atoms with Crippen LogP contribution in [0.4, 0.5) is 5.69 Å². The Kier molecular flexibility index (Phi) is 6.36. The Balaban J connectivity index is 1.58. The molecule has 0 saturated heterocycles. The molecule has 0 aliphatic carbocycles. The first kappa shape index (κ1) is 19.3. The molecule has 6 nitrogen and oxygen atoms in total. The van der Waals surface area contributed by atoms with Gasteiger partial charge in [-0.05, 0) is 55.5 Å². The molecule has 3 aromatic rings. The Labute approximate surface area is 166 Å². The molecule has 0 spiro atoms. The van der Waals surface area contributed by atoms with Crippen LogP contribution in [-0.2, 0) is 11.8 Å². The van der Waals surface area contributed by atoms with E-state index in [0.29, 0.717) is 16.8 Å². The van der Waals surface area contributed by atoms with E-state index in [4.69, 9.17) is 16.3 Å². The molecule has 8 heteroatoms. The molecular weight excluding hydrogens is 384 g/mol. The van der Waals surface area contributed by atoms with Crippen LogP contribution in [0.2, 0.25) is 5.02 Å². The number of rotatable bonds is 7. The van der Waals surface area contributed by atoms with Gasteiger partial charge < -0.3 is 14.6 Å². The summed E-state index contributed by atoms with van der Waals surface area (Å²) in [5.41, 5.74) is 1.64. The first-order chi connectivity index (χ1) is 13.1. The standard InChI is InChI=1S/C19H19ClN4O2S/c1-3-26-16-10-8-15(9-11-16)21-17(25)12-27-19-23-22-18(24(19)2)13-4-6-14(20)7-5-13/h4-11H,3,12H2,1-2H3,(H,21,25). The molecular formula is C19H19ClN4O2S. The van der Waals surface area contributed by atoms with E-state index >= 15 is 0 Å². The lowest BCUT2D eigenvalue weighted by molar-refractivity contribution is -0.113. The summed E-state index contributed by atoms with van der Waals surface area (Å²) in [6, 6.07) is 14.7. The number of nitrogens with zero attached hydrogens (tertiary/aromatic N) is 3. The zero-order chi connectivity index (χ0) is 19.2. The number of aromatic nitrogens is 3. The van der Waals surface area contributed by atoms with Crippen molar-refractivity contribution >= 4 is 35.0 Å². The summed E-state index contributed by atoms with van der Waals surface area (Å²) >= 11 is 7.25. The van der Waals surface area contributed by atoms with Crippen molar-refractivity contribution in [3.05, 3.63) is 53.6 Å². The average molecular weight is 403 g/mol. The molecule has 140 valence electrons. The number of anilines is 1. The molecule has 1 amide bonds. The number of carbonyl (C=O) groups excluding carboxylic acids is 1. The second-order valence-electron chi connectivity index (χ2n) is 5.67. The lowest BCUT2D eigenvalue weighted by Crippen LogP contribution is -2.14. The fourth-order valence-corrected chi connectivity index (χ4v) is 3.26. The number of thioether (sulfide) groups is 1. The van der Waals surface area contributed by atoms with E-state index in [1.807, 2.05) is 67.1 Å². The molecule has 0 unspecified atom stereocenters. The Morgan fingerprint density at radius 3 is 2.52 bits per heavy atom. The van der Waals surface area contributed by atoms with Gasteiger partial charge in [-0.25, -0.2) is 0 Å². The molecule has 0 aliphatic rings. The van der Waals surface area contributed by atoms with Crippen LogP contribution in [0.3, 0.4) is 0 Å². The van der Waals surface area contributed by atoms with Crippen molar-refractivity contribution in [2.45, 2.75) is 12.1 Å². The summed E-state index contributed by atoms with van der Waals surface area (Å²) < 4.78 is 7.25. The highest BCUT2D eigenvalue weighted by atomic mass is 35.5. The third kappa shape index (κ3) is 5.02. The summed E-state index contributed by atoms with van der Waals surface area (Å²) in [7, 11) is 1.87. The van der Waals surface area contributed by atoms with Gasteiger partial charge in [0.2, 0.25) is 5.91 Å². The largest absolute Gasteiger partial charge is 0.494 e. The molecule has 1 aromatic heterocycles. The van der Waals surface area contributed by atoms with Gasteiger partial charge >= 0.3 is 0 Å². The fraction of sp³-hybridized carbons (Fsp3) is 0.211. The number of nitrogens with one attached hydrogen (secondary N) is 1. The minimum Gasteiger partial charge on any atom is -0.494 e. The molecule has 0 saturated carbocycles. The predicted molar refractivity (Wildman–Crippen MR) is 108 cm³/mol. The number of amides is 1. The fourth-order valence-electron chi connectivity index (χ4n) is 2.42. The third-order valence-corrected chi connectivity index (χ3v) is 4.99. The van der Waals surface area contributed by atoms with E-state index in [9.17, 15) is 4.79 Å². The quantitative estimate of drug-likeness (QED) is 0.598. The molecule has 3 rings (SSSR count). The van der Waals surface area contributed by atoms with Gasteiger partial charge in [0.15, 0.2) is 11.0 Å². The average Bonchev–Trinajstić information content (AvgIpc) is 3.03. The van der Waals surface area contributed by atoms with E-state index in [0.717, 1.165) is 22.8 Å². The Morgan fingerprint density at radius 2 is 1.85 bits per heavy atom. The zero-order valence-corrected chi connectivity index (χ0v) is 16.5. The van der Waals surface area contributed by atoms with Crippen LogP contribution in [0.15, 0.2) is 53.7 Å². The highest BCUT2D eigenvalue weighted by Gasteiger charge is 2.13. The van der Waals surface area contributed by atoms with Crippen LogP contribution in [0, 0.1) is 0 Å². The molecule has 0 atom stereocenters. The summed E-state index contributed by atoms with van der Waals surface area (Å²) in [5.74, 6) is 1.62. The highest BCUT2D eigenvalue weighted by molar-refractivity contribution is 7.99.